The normalized spacial score (nSPS) is 17.2. The van der Waals surface area contributed by atoms with Crippen LogP contribution >= 0.6 is 11.8 Å². The molecule has 4 nitrogen and oxygen atoms in total. The van der Waals surface area contributed by atoms with Crippen LogP contribution < -0.4 is 9.64 Å². The summed E-state index contributed by atoms with van der Waals surface area (Å²) in [5, 5.41) is 0. The van der Waals surface area contributed by atoms with E-state index >= 15 is 0 Å². The zero-order chi connectivity index (χ0) is 19.0. The first-order valence-electron chi connectivity index (χ1n) is 8.55. The first-order valence-corrected chi connectivity index (χ1v) is 9.78. The Morgan fingerprint density at radius 1 is 1.26 bits per heavy atom. The maximum absolute atomic E-state index is 13.7. The monoisotopic (exact) mass is 393 g/mol. The van der Waals surface area contributed by atoms with Gasteiger partial charge in [-0.05, 0) is 43.0 Å². The van der Waals surface area contributed by atoms with E-state index in [9.17, 15) is 13.2 Å². The lowest BCUT2D eigenvalue weighted by Crippen LogP contribution is -2.20. The van der Waals surface area contributed by atoms with Gasteiger partial charge in [-0.1, -0.05) is 0 Å². The Labute approximate surface area is 158 Å². The summed E-state index contributed by atoms with van der Waals surface area (Å²) in [6.45, 7) is -1.88. The number of fused-ring (bicyclic) bond motifs is 1. The standard InChI is InChI=1S/C19H18F3N3OS/c1-27-12-2-4-17(25-7-6-11(20)10-25)13(8-12)15-9-16-14(23-15)3-5-18(24-16)26-19(21)22/h2-5,8-9,11,19,23H,6-7,10H2,1H3. The van der Waals surface area contributed by atoms with Crippen LogP contribution in [0.15, 0.2) is 41.3 Å². The molecule has 1 atom stereocenters. The molecule has 27 heavy (non-hydrogen) atoms. The van der Waals surface area contributed by atoms with Gasteiger partial charge in [0.2, 0.25) is 5.88 Å². The van der Waals surface area contributed by atoms with Crippen molar-refractivity contribution in [3.8, 4) is 17.1 Å². The number of rotatable bonds is 5. The predicted molar refractivity (Wildman–Crippen MR) is 102 cm³/mol. The van der Waals surface area contributed by atoms with E-state index in [4.69, 9.17) is 0 Å². The molecule has 3 aromatic rings. The number of nitrogens with zero attached hydrogens (tertiary/aromatic N) is 2. The molecule has 1 aliphatic rings. The highest BCUT2D eigenvalue weighted by atomic mass is 32.2. The smallest absolute Gasteiger partial charge is 0.388 e. The van der Waals surface area contributed by atoms with Crippen LogP contribution in [0, 0.1) is 0 Å². The summed E-state index contributed by atoms with van der Waals surface area (Å²) in [7, 11) is 0. The number of anilines is 1. The van der Waals surface area contributed by atoms with E-state index in [0.717, 1.165) is 27.4 Å². The van der Waals surface area contributed by atoms with Gasteiger partial charge in [0.05, 0.1) is 16.7 Å². The molecule has 142 valence electrons. The summed E-state index contributed by atoms with van der Waals surface area (Å²) in [6.07, 6.45) is 1.69. The van der Waals surface area contributed by atoms with Crippen LogP contribution in [0.1, 0.15) is 6.42 Å². The number of aromatic amines is 1. The SMILES string of the molecule is CSc1ccc(N2CCC(F)C2)c(-c2cc3nc(OC(F)F)ccc3[nH]2)c1. The maximum atomic E-state index is 13.7. The Balaban J connectivity index is 1.77. The van der Waals surface area contributed by atoms with Crippen LogP contribution in [-0.4, -0.2) is 42.1 Å². The Morgan fingerprint density at radius 3 is 2.81 bits per heavy atom. The molecule has 0 amide bonds. The van der Waals surface area contributed by atoms with Gasteiger partial charge in [0.25, 0.3) is 0 Å². The minimum Gasteiger partial charge on any atom is -0.417 e. The molecule has 2 aromatic heterocycles. The molecule has 1 saturated heterocycles. The minimum atomic E-state index is -2.91. The van der Waals surface area contributed by atoms with Crippen molar-refractivity contribution in [2.45, 2.75) is 24.1 Å². The number of alkyl halides is 3. The molecule has 1 aromatic carbocycles. The predicted octanol–water partition coefficient (Wildman–Crippen LogP) is 5.10. The lowest BCUT2D eigenvalue weighted by atomic mass is 10.1. The number of thioether (sulfide) groups is 1. The van der Waals surface area contributed by atoms with Crippen molar-refractivity contribution in [3.05, 3.63) is 36.4 Å². The summed E-state index contributed by atoms with van der Waals surface area (Å²) < 4.78 is 42.9. The maximum Gasteiger partial charge on any atom is 0.388 e. The topological polar surface area (TPSA) is 41.2 Å². The number of benzene rings is 1. The molecular formula is C19H18F3N3OS. The van der Waals surface area contributed by atoms with Crippen molar-refractivity contribution < 1.29 is 17.9 Å². The number of hydrogen-bond donors (Lipinski definition) is 1. The second-order valence-electron chi connectivity index (χ2n) is 6.36. The van der Waals surface area contributed by atoms with Gasteiger partial charge in [-0.15, -0.1) is 11.8 Å². The third kappa shape index (κ3) is 3.71. The molecule has 1 aliphatic heterocycles. The molecule has 1 fully saturated rings. The van der Waals surface area contributed by atoms with Crippen molar-refractivity contribution in [3.63, 3.8) is 0 Å². The van der Waals surface area contributed by atoms with Gasteiger partial charge in [0.15, 0.2) is 0 Å². The molecule has 4 rings (SSSR count). The number of aromatic nitrogens is 2. The molecule has 0 saturated carbocycles. The zero-order valence-electron chi connectivity index (χ0n) is 14.6. The fourth-order valence-electron chi connectivity index (χ4n) is 3.36. The van der Waals surface area contributed by atoms with E-state index in [2.05, 4.69) is 14.7 Å². The van der Waals surface area contributed by atoms with Gasteiger partial charge in [0, 0.05) is 35.3 Å². The molecule has 1 unspecified atom stereocenters. The van der Waals surface area contributed by atoms with Gasteiger partial charge in [-0.25, -0.2) is 9.37 Å². The van der Waals surface area contributed by atoms with E-state index in [0.29, 0.717) is 25.0 Å². The molecular weight excluding hydrogens is 375 g/mol. The van der Waals surface area contributed by atoms with Crippen molar-refractivity contribution in [2.75, 3.05) is 24.2 Å². The minimum absolute atomic E-state index is 0.124. The molecule has 0 bridgehead atoms. The van der Waals surface area contributed by atoms with Gasteiger partial charge in [-0.2, -0.15) is 8.78 Å². The number of hydrogen-bond acceptors (Lipinski definition) is 4. The number of nitrogens with one attached hydrogen (secondary N) is 1. The fourth-order valence-corrected chi connectivity index (χ4v) is 3.80. The third-order valence-electron chi connectivity index (χ3n) is 4.62. The van der Waals surface area contributed by atoms with Gasteiger partial charge in [0.1, 0.15) is 6.17 Å². The second kappa shape index (κ2) is 7.34. The van der Waals surface area contributed by atoms with E-state index < -0.39 is 12.8 Å². The average Bonchev–Trinajstić information content (AvgIpc) is 3.26. The van der Waals surface area contributed by atoms with Gasteiger partial charge in [-0.3, -0.25) is 0 Å². The van der Waals surface area contributed by atoms with Crippen LogP contribution in [0.25, 0.3) is 22.3 Å². The summed E-state index contributed by atoms with van der Waals surface area (Å²) in [4.78, 5) is 10.5. The highest BCUT2D eigenvalue weighted by molar-refractivity contribution is 7.98. The average molecular weight is 393 g/mol. The number of ether oxygens (including phenoxy) is 1. The van der Waals surface area contributed by atoms with E-state index in [1.807, 2.05) is 29.4 Å². The summed E-state index contributed by atoms with van der Waals surface area (Å²) in [5.74, 6) is -0.124. The first-order chi connectivity index (χ1) is 13.0. The van der Waals surface area contributed by atoms with Crippen LogP contribution in [0.3, 0.4) is 0 Å². The Kier molecular flexibility index (Phi) is 4.90. The molecule has 0 radical (unpaired) electrons. The molecule has 0 aliphatic carbocycles. The second-order valence-corrected chi connectivity index (χ2v) is 7.24. The Hall–Kier alpha value is -2.35. The van der Waals surface area contributed by atoms with Gasteiger partial charge >= 0.3 is 6.61 Å². The third-order valence-corrected chi connectivity index (χ3v) is 5.35. The lowest BCUT2D eigenvalue weighted by Gasteiger charge is -2.21. The lowest BCUT2D eigenvalue weighted by molar-refractivity contribution is -0.0526. The van der Waals surface area contributed by atoms with Crippen LogP contribution in [0.5, 0.6) is 5.88 Å². The van der Waals surface area contributed by atoms with Crippen LogP contribution in [0.4, 0.5) is 18.9 Å². The highest BCUT2D eigenvalue weighted by Crippen LogP contribution is 2.37. The summed E-state index contributed by atoms with van der Waals surface area (Å²) in [6, 6.07) is 10.9. The van der Waals surface area contributed by atoms with Crippen molar-refractivity contribution in [1.82, 2.24) is 9.97 Å². The molecule has 1 N–H and O–H groups in total. The Bertz CT molecular complexity index is 963. The molecule has 8 heteroatoms. The van der Waals surface area contributed by atoms with Crippen molar-refractivity contribution in [2.24, 2.45) is 0 Å². The summed E-state index contributed by atoms with van der Waals surface area (Å²) >= 11 is 1.62. The highest BCUT2D eigenvalue weighted by Gasteiger charge is 2.24. The van der Waals surface area contributed by atoms with Gasteiger partial charge < -0.3 is 14.6 Å². The van der Waals surface area contributed by atoms with E-state index in [1.165, 1.54) is 6.07 Å². The zero-order valence-corrected chi connectivity index (χ0v) is 15.4. The van der Waals surface area contributed by atoms with Crippen molar-refractivity contribution >= 4 is 28.5 Å². The first kappa shape index (κ1) is 18.0. The van der Waals surface area contributed by atoms with Crippen LogP contribution in [0.2, 0.25) is 0 Å². The van der Waals surface area contributed by atoms with E-state index in [1.54, 1.807) is 23.9 Å². The van der Waals surface area contributed by atoms with Crippen molar-refractivity contribution in [1.29, 1.82) is 0 Å². The fraction of sp³-hybridized carbons (Fsp3) is 0.316. The molecule has 0 spiro atoms. The number of halogens is 3. The van der Waals surface area contributed by atoms with E-state index in [-0.39, 0.29) is 5.88 Å². The number of H-pyrrole nitrogens is 1. The van der Waals surface area contributed by atoms with Crippen LogP contribution in [-0.2, 0) is 0 Å². The largest absolute Gasteiger partial charge is 0.417 e. The molecule has 3 heterocycles. The summed E-state index contributed by atoms with van der Waals surface area (Å²) in [5.41, 5.74) is 3.94. The number of pyridine rings is 1. The Morgan fingerprint density at radius 2 is 2.11 bits per heavy atom. The quantitative estimate of drug-likeness (QED) is 0.612.